The predicted molar refractivity (Wildman–Crippen MR) is 74.7 cm³/mol. The Bertz CT molecular complexity index is 214. The van der Waals surface area contributed by atoms with Crippen molar-refractivity contribution in [1.82, 2.24) is 4.90 Å². The standard InChI is InChI=1S/C13H27NO2S/c1-10(2)16-9-11(15)8-14(3)12-6-5-7-13(12)17-4/h10-13,15H,5-9H2,1-4H3. The summed E-state index contributed by atoms with van der Waals surface area (Å²) < 4.78 is 5.44. The molecule has 102 valence electrons. The van der Waals surface area contributed by atoms with Gasteiger partial charge in [0.05, 0.1) is 18.8 Å². The number of aliphatic hydroxyl groups is 1. The van der Waals surface area contributed by atoms with Gasteiger partial charge in [-0.1, -0.05) is 6.42 Å². The van der Waals surface area contributed by atoms with Gasteiger partial charge in [0.2, 0.25) is 0 Å². The molecule has 0 aliphatic heterocycles. The summed E-state index contributed by atoms with van der Waals surface area (Å²) in [4.78, 5) is 2.31. The normalized spacial score (nSPS) is 27.0. The van der Waals surface area contributed by atoms with E-state index in [2.05, 4.69) is 18.2 Å². The lowest BCUT2D eigenvalue weighted by Crippen LogP contribution is -2.42. The number of hydrogen-bond acceptors (Lipinski definition) is 4. The lowest BCUT2D eigenvalue weighted by Gasteiger charge is -2.30. The van der Waals surface area contributed by atoms with E-state index in [1.807, 2.05) is 25.6 Å². The summed E-state index contributed by atoms with van der Waals surface area (Å²) >= 11 is 1.96. The number of rotatable bonds is 7. The number of aliphatic hydroxyl groups excluding tert-OH is 1. The van der Waals surface area contributed by atoms with Crippen LogP contribution in [0.5, 0.6) is 0 Å². The van der Waals surface area contributed by atoms with Gasteiger partial charge in [0, 0.05) is 17.8 Å². The lowest BCUT2D eigenvalue weighted by molar-refractivity contribution is -0.00962. The van der Waals surface area contributed by atoms with Crippen LogP contribution in [0.15, 0.2) is 0 Å². The van der Waals surface area contributed by atoms with Crippen molar-refractivity contribution in [2.24, 2.45) is 0 Å². The van der Waals surface area contributed by atoms with Gasteiger partial charge in [0.1, 0.15) is 0 Å². The van der Waals surface area contributed by atoms with Gasteiger partial charge in [-0.25, -0.2) is 0 Å². The van der Waals surface area contributed by atoms with Crippen LogP contribution in [0, 0.1) is 0 Å². The Kier molecular flexibility index (Phi) is 6.85. The highest BCUT2D eigenvalue weighted by atomic mass is 32.2. The molecule has 0 radical (unpaired) electrons. The molecule has 0 amide bonds. The highest BCUT2D eigenvalue weighted by molar-refractivity contribution is 7.99. The van der Waals surface area contributed by atoms with Crippen LogP contribution in [0.25, 0.3) is 0 Å². The van der Waals surface area contributed by atoms with E-state index in [9.17, 15) is 5.11 Å². The first-order chi connectivity index (χ1) is 8.04. The minimum atomic E-state index is -0.370. The Morgan fingerprint density at radius 2 is 2.12 bits per heavy atom. The minimum Gasteiger partial charge on any atom is -0.389 e. The maximum Gasteiger partial charge on any atom is 0.0900 e. The molecule has 0 aromatic rings. The Morgan fingerprint density at radius 3 is 2.71 bits per heavy atom. The molecule has 0 aromatic heterocycles. The Hall–Kier alpha value is 0.230. The van der Waals surface area contributed by atoms with Crippen LogP contribution in [-0.2, 0) is 4.74 Å². The molecule has 1 fully saturated rings. The predicted octanol–water partition coefficient (Wildman–Crippen LogP) is 1.99. The van der Waals surface area contributed by atoms with Crippen LogP contribution < -0.4 is 0 Å². The highest BCUT2D eigenvalue weighted by Gasteiger charge is 2.30. The average molecular weight is 261 g/mol. The summed E-state index contributed by atoms with van der Waals surface area (Å²) in [5, 5.41) is 10.6. The molecule has 1 rings (SSSR count). The summed E-state index contributed by atoms with van der Waals surface area (Å²) in [5.41, 5.74) is 0. The van der Waals surface area contributed by atoms with Crippen molar-refractivity contribution in [3.63, 3.8) is 0 Å². The van der Waals surface area contributed by atoms with Crippen LogP contribution in [0.2, 0.25) is 0 Å². The Morgan fingerprint density at radius 1 is 1.41 bits per heavy atom. The topological polar surface area (TPSA) is 32.7 Å². The van der Waals surface area contributed by atoms with Crippen molar-refractivity contribution in [3.8, 4) is 0 Å². The monoisotopic (exact) mass is 261 g/mol. The molecule has 3 atom stereocenters. The summed E-state index contributed by atoms with van der Waals surface area (Å²) in [6, 6.07) is 0.624. The molecule has 3 nitrogen and oxygen atoms in total. The first-order valence-electron chi connectivity index (χ1n) is 6.57. The molecule has 0 heterocycles. The molecule has 0 aromatic carbocycles. The molecule has 1 aliphatic rings. The second-order valence-corrected chi connectivity index (χ2v) is 6.32. The maximum atomic E-state index is 9.91. The van der Waals surface area contributed by atoms with E-state index >= 15 is 0 Å². The fraction of sp³-hybridized carbons (Fsp3) is 1.00. The van der Waals surface area contributed by atoms with Crippen molar-refractivity contribution in [2.45, 2.75) is 56.6 Å². The van der Waals surface area contributed by atoms with Gasteiger partial charge in [-0.3, -0.25) is 4.90 Å². The van der Waals surface area contributed by atoms with E-state index in [0.29, 0.717) is 19.2 Å². The SMILES string of the molecule is CSC1CCCC1N(C)CC(O)COC(C)C. The third-order valence-electron chi connectivity index (χ3n) is 3.41. The molecule has 1 saturated carbocycles. The maximum absolute atomic E-state index is 9.91. The zero-order valence-corrected chi connectivity index (χ0v) is 12.4. The van der Waals surface area contributed by atoms with Crippen LogP contribution >= 0.6 is 11.8 Å². The summed E-state index contributed by atoms with van der Waals surface area (Å²) in [5.74, 6) is 0. The number of nitrogens with zero attached hydrogens (tertiary/aromatic N) is 1. The summed E-state index contributed by atoms with van der Waals surface area (Å²) in [6.45, 7) is 5.15. The average Bonchev–Trinajstić information content (AvgIpc) is 2.74. The van der Waals surface area contributed by atoms with Crippen molar-refractivity contribution in [2.75, 3.05) is 26.5 Å². The van der Waals surface area contributed by atoms with Gasteiger partial charge < -0.3 is 9.84 Å². The Labute approximate surface area is 110 Å². The zero-order chi connectivity index (χ0) is 12.8. The van der Waals surface area contributed by atoms with E-state index in [4.69, 9.17) is 4.74 Å². The third-order valence-corrected chi connectivity index (χ3v) is 4.56. The second kappa shape index (κ2) is 7.62. The molecule has 3 unspecified atom stereocenters. The van der Waals surface area contributed by atoms with Crippen LogP contribution in [0.3, 0.4) is 0 Å². The number of hydrogen-bond donors (Lipinski definition) is 1. The minimum absolute atomic E-state index is 0.195. The van der Waals surface area contributed by atoms with Crippen LogP contribution in [0.1, 0.15) is 33.1 Å². The number of thioether (sulfide) groups is 1. The van der Waals surface area contributed by atoms with E-state index < -0.39 is 0 Å². The van der Waals surface area contributed by atoms with E-state index in [0.717, 1.165) is 5.25 Å². The molecule has 0 bridgehead atoms. The third kappa shape index (κ3) is 5.16. The zero-order valence-electron chi connectivity index (χ0n) is 11.6. The first-order valence-corrected chi connectivity index (χ1v) is 7.86. The molecular formula is C13H27NO2S. The van der Waals surface area contributed by atoms with E-state index in [1.54, 1.807) is 0 Å². The fourth-order valence-corrected chi connectivity index (χ4v) is 3.57. The van der Waals surface area contributed by atoms with Gasteiger partial charge in [0.15, 0.2) is 0 Å². The Balaban J connectivity index is 2.29. The molecule has 1 N–H and O–H groups in total. The number of ether oxygens (including phenoxy) is 1. The second-order valence-electron chi connectivity index (χ2n) is 5.25. The van der Waals surface area contributed by atoms with Gasteiger partial charge in [-0.05, 0) is 40.0 Å². The lowest BCUT2D eigenvalue weighted by atomic mass is 10.2. The molecule has 17 heavy (non-hydrogen) atoms. The van der Waals surface area contributed by atoms with Gasteiger partial charge in [-0.2, -0.15) is 11.8 Å². The molecule has 0 saturated heterocycles. The summed E-state index contributed by atoms with van der Waals surface area (Å²) in [6.07, 6.45) is 5.91. The van der Waals surface area contributed by atoms with Crippen LogP contribution in [-0.4, -0.2) is 60.0 Å². The summed E-state index contributed by atoms with van der Waals surface area (Å²) in [7, 11) is 2.12. The van der Waals surface area contributed by atoms with Crippen LogP contribution in [0.4, 0.5) is 0 Å². The fourth-order valence-electron chi connectivity index (χ4n) is 2.51. The smallest absolute Gasteiger partial charge is 0.0900 e. The molecular weight excluding hydrogens is 234 g/mol. The van der Waals surface area contributed by atoms with Gasteiger partial charge in [-0.15, -0.1) is 0 Å². The highest BCUT2D eigenvalue weighted by Crippen LogP contribution is 2.31. The van der Waals surface area contributed by atoms with Gasteiger partial charge in [0.25, 0.3) is 0 Å². The number of likely N-dealkylation sites (N-methyl/N-ethyl adjacent to an activating group) is 1. The van der Waals surface area contributed by atoms with Crippen molar-refractivity contribution in [1.29, 1.82) is 0 Å². The molecule has 4 heteroatoms. The molecule has 1 aliphatic carbocycles. The van der Waals surface area contributed by atoms with E-state index in [1.165, 1.54) is 19.3 Å². The van der Waals surface area contributed by atoms with Crippen molar-refractivity contribution >= 4 is 11.8 Å². The first kappa shape index (κ1) is 15.3. The largest absolute Gasteiger partial charge is 0.389 e. The van der Waals surface area contributed by atoms with Crippen molar-refractivity contribution in [3.05, 3.63) is 0 Å². The molecule has 0 spiro atoms. The van der Waals surface area contributed by atoms with Crippen molar-refractivity contribution < 1.29 is 9.84 Å². The van der Waals surface area contributed by atoms with Gasteiger partial charge >= 0.3 is 0 Å². The quantitative estimate of drug-likeness (QED) is 0.760. The van der Waals surface area contributed by atoms with E-state index in [-0.39, 0.29) is 12.2 Å².